The van der Waals surface area contributed by atoms with Crippen molar-refractivity contribution >= 4 is 16.7 Å². The van der Waals surface area contributed by atoms with Gasteiger partial charge in [0.1, 0.15) is 5.69 Å². The third kappa shape index (κ3) is 1.48. The normalized spacial score (nSPS) is 10.4. The zero-order chi connectivity index (χ0) is 11.7. The highest BCUT2D eigenvalue weighted by Crippen LogP contribution is 2.11. The second-order valence-electron chi connectivity index (χ2n) is 3.47. The van der Waals surface area contributed by atoms with E-state index in [0.717, 1.165) is 5.39 Å². The largest absolute Gasteiger partial charge is 0.464 e. The van der Waals surface area contributed by atoms with Gasteiger partial charge in [-0.1, -0.05) is 18.2 Å². The van der Waals surface area contributed by atoms with Crippen LogP contribution in [0.3, 0.4) is 0 Å². The fraction of sp³-hybridized carbons (Fsp3) is 0.167. The highest BCUT2D eigenvalue weighted by Gasteiger charge is 2.12. The summed E-state index contributed by atoms with van der Waals surface area (Å²) in [5.41, 5.74) is 0.0599. The number of carbonyl (C=O) groups excluding carboxylic acids is 1. The van der Waals surface area contributed by atoms with Crippen molar-refractivity contribution in [1.82, 2.24) is 4.57 Å². The Labute approximate surface area is 92.1 Å². The van der Waals surface area contributed by atoms with E-state index in [1.165, 1.54) is 11.7 Å². The minimum Gasteiger partial charge on any atom is -0.464 e. The summed E-state index contributed by atoms with van der Waals surface area (Å²) in [6.45, 7) is 0. The molecule has 16 heavy (non-hydrogen) atoms. The number of pyridine rings is 1. The molecule has 82 valence electrons. The fourth-order valence-corrected chi connectivity index (χ4v) is 1.65. The van der Waals surface area contributed by atoms with Crippen LogP contribution in [0.2, 0.25) is 0 Å². The number of fused-ring (bicyclic) bond motifs is 1. The molecule has 0 aliphatic rings. The molecule has 2 rings (SSSR count). The van der Waals surface area contributed by atoms with Crippen LogP contribution in [0.25, 0.3) is 10.8 Å². The summed E-state index contributed by atoms with van der Waals surface area (Å²) >= 11 is 0. The predicted octanol–water partition coefficient (Wildman–Crippen LogP) is 1.33. The van der Waals surface area contributed by atoms with Crippen LogP contribution in [-0.4, -0.2) is 17.6 Å². The minimum atomic E-state index is -0.509. The Balaban J connectivity index is 2.84. The van der Waals surface area contributed by atoms with Gasteiger partial charge in [0, 0.05) is 12.4 Å². The summed E-state index contributed by atoms with van der Waals surface area (Å²) in [4.78, 5) is 23.4. The number of hydrogen-bond donors (Lipinski definition) is 0. The van der Waals surface area contributed by atoms with Gasteiger partial charge in [-0.2, -0.15) is 0 Å². The van der Waals surface area contributed by atoms with Crippen LogP contribution in [0.15, 0.2) is 35.1 Å². The molecule has 0 N–H and O–H groups in total. The number of ether oxygens (including phenoxy) is 1. The van der Waals surface area contributed by atoms with Gasteiger partial charge in [0.05, 0.1) is 7.11 Å². The number of esters is 1. The van der Waals surface area contributed by atoms with E-state index in [9.17, 15) is 9.59 Å². The summed E-state index contributed by atoms with van der Waals surface area (Å²) in [5, 5.41) is 1.34. The lowest BCUT2D eigenvalue weighted by molar-refractivity contribution is 0.0588. The fourth-order valence-electron chi connectivity index (χ4n) is 1.65. The van der Waals surface area contributed by atoms with Gasteiger partial charge in [-0.05, 0) is 17.5 Å². The number of rotatable bonds is 1. The molecule has 0 amide bonds. The van der Waals surface area contributed by atoms with E-state index in [1.807, 2.05) is 6.07 Å². The van der Waals surface area contributed by atoms with Crippen LogP contribution < -0.4 is 5.56 Å². The lowest BCUT2D eigenvalue weighted by atomic mass is 10.1. The molecule has 0 radical (unpaired) electrons. The average molecular weight is 217 g/mol. The molecule has 0 saturated carbocycles. The zero-order valence-electron chi connectivity index (χ0n) is 9.06. The van der Waals surface area contributed by atoms with E-state index in [0.29, 0.717) is 5.39 Å². The van der Waals surface area contributed by atoms with Crippen LogP contribution in [0, 0.1) is 0 Å². The van der Waals surface area contributed by atoms with E-state index in [-0.39, 0.29) is 11.3 Å². The van der Waals surface area contributed by atoms with Crippen LogP contribution in [0.1, 0.15) is 10.5 Å². The molecule has 0 unspecified atom stereocenters. The Morgan fingerprint density at radius 3 is 2.69 bits per heavy atom. The van der Waals surface area contributed by atoms with E-state index >= 15 is 0 Å². The summed E-state index contributed by atoms with van der Waals surface area (Å²) in [5.74, 6) is -0.509. The van der Waals surface area contributed by atoms with Gasteiger partial charge < -0.3 is 9.30 Å². The number of benzene rings is 1. The molecule has 1 heterocycles. The summed E-state index contributed by atoms with van der Waals surface area (Å²) in [6.07, 6.45) is 0. The summed E-state index contributed by atoms with van der Waals surface area (Å²) in [6, 6.07) is 8.80. The molecule has 0 bridgehead atoms. The van der Waals surface area contributed by atoms with Crippen molar-refractivity contribution in [3.8, 4) is 0 Å². The minimum absolute atomic E-state index is 0.196. The summed E-state index contributed by atoms with van der Waals surface area (Å²) < 4.78 is 5.92. The molecule has 1 aromatic carbocycles. The lowest BCUT2D eigenvalue weighted by Crippen LogP contribution is -2.23. The van der Waals surface area contributed by atoms with Gasteiger partial charge in [0.25, 0.3) is 5.56 Å². The smallest absolute Gasteiger partial charge is 0.354 e. The SMILES string of the molecule is COC(=O)c1cc2ccccc2c(=O)n1C. The van der Waals surface area contributed by atoms with Gasteiger partial charge in [0.15, 0.2) is 0 Å². The highest BCUT2D eigenvalue weighted by molar-refractivity contribution is 5.93. The molecule has 0 aliphatic heterocycles. The maximum Gasteiger partial charge on any atom is 0.354 e. The molecule has 4 heteroatoms. The predicted molar refractivity (Wildman–Crippen MR) is 60.5 cm³/mol. The Bertz CT molecular complexity index is 613. The maximum atomic E-state index is 11.9. The van der Waals surface area contributed by atoms with Gasteiger partial charge in [-0.3, -0.25) is 4.79 Å². The molecule has 0 aliphatic carbocycles. The Morgan fingerprint density at radius 2 is 2.00 bits per heavy atom. The second-order valence-corrected chi connectivity index (χ2v) is 3.47. The third-order valence-electron chi connectivity index (χ3n) is 2.54. The summed E-state index contributed by atoms with van der Waals surface area (Å²) in [7, 11) is 2.85. The van der Waals surface area contributed by atoms with E-state index in [2.05, 4.69) is 4.74 Å². The standard InChI is InChI=1S/C12H11NO3/c1-13-10(12(15)16-2)7-8-5-3-4-6-9(8)11(13)14/h3-7H,1-2H3. The van der Waals surface area contributed by atoms with Crippen molar-refractivity contribution in [1.29, 1.82) is 0 Å². The zero-order valence-corrected chi connectivity index (χ0v) is 9.06. The number of nitrogens with zero attached hydrogens (tertiary/aromatic N) is 1. The first kappa shape index (κ1) is 10.4. The molecule has 0 saturated heterocycles. The Morgan fingerprint density at radius 1 is 1.31 bits per heavy atom. The van der Waals surface area contributed by atoms with Crippen molar-refractivity contribution in [3.05, 3.63) is 46.4 Å². The van der Waals surface area contributed by atoms with Crippen molar-refractivity contribution in [2.24, 2.45) is 7.05 Å². The van der Waals surface area contributed by atoms with Gasteiger partial charge in [-0.25, -0.2) is 4.79 Å². The molecular weight excluding hydrogens is 206 g/mol. The molecule has 4 nitrogen and oxygen atoms in total. The number of carbonyl (C=O) groups is 1. The van der Waals surface area contributed by atoms with E-state index < -0.39 is 5.97 Å². The molecule has 0 fully saturated rings. The first-order chi connectivity index (χ1) is 7.65. The maximum absolute atomic E-state index is 11.9. The van der Waals surface area contributed by atoms with Crippen molar-refractivity contribution in [2.45, 2.75) is 0 Å². The number of aromatic nitrogens is 1. The molecule has 0 atom stereocenters. The van der Waals surface area contributed by atoms with E-state index in [4.69, 9.17) is 0 Å². The third-order valence-corrected chi connectivity index (χ3v) is 2.54. The van der Waals surface area contributed by atoms with Crippen LogP contribution >= 0.6 is 0 Å². The molecule has 1 aromatic heterocycles. The van der Waals surface area contributed by atoms with Gasteiger partial charge in [-0.15, -0.1) is 0 Å². The first-order valence-corrected chi connectivity index (χ1v) is 4.82. The lowest BCUT2D eigenvalue weighted by Gasteiger charge is -2.07. The van der Waals surface area contributed by atoms with Crippen LogP contribution in [-0.2, 0) is 11.8 Å². The first-order valence-electron chi connectivity index (χ1n) is 4.82. The van der Waals surface area contributed by atoms with Crippen molar-refractivity contribution in [2.75, 3.05) is 7.11 Å². The average Bonchev–Trinajstić information content (AvgIpc) is 2.33. The Kier molecular flexibility index (Phi) is 2.48. The number of methoxy groups -OCH3 is 1. The van der Waals surface area contributed by atoms with Crippen LogP contribution in [0.4, 0.5) is 0 Å². The second kappa shape index (κ2) is 3.81. The van der Waals surface area contributed by atoms with Gasteiger partial charge >= 0.3 is 5.97 Å². The van der Waals surface area contributed by atoms with Crippen molar-refractivity contribution in [3.63, 3.8) is 0 Å². The van der Waals surface area contributed by atoms with Crippen LogP contribution in [0.5, 0.6) is 0 Å². The number of hydrogen-bond acceptors (Lipinski definition) is 3. The van der Waals surface area contributed by atoms with E-state index in [1.54, 1.807) is 31.3 Å². The van der Waals surface area contributed by atoms with Crippen molar-refractivity contribution < 1.29 is 9.53 Å². The molecular formula is C12H11NO3. The highest BCUT2D eigenvalue weighted by atomic mass is 16.5. The topological polar surface area (TPSA) is 48.3 Å². The monoisotopic (exact) mass is 217 g/mol. The molecule has 0 spiro atoms. The molecule has 2 aromatic rings. The Hall–Kier alpha value is -2.10. The van der Waals surface area contributed by atoms with Gasteiger partial charge in [0.2, 0.25) is 0 Å². The quantitative estimate of drug-likeness (QED) is 0.677.